The van der Waals surface area contributed by atoms with Gasteiger partial charge >= 0.3 is 0 Å². The molecule has 1 atom stereocenters. The quantitative estimate of drug-likeness (QED) is 0.712. The van der Waals surface area contributed by atoms with Crippen LogP contribution < -0.4 is 5.32 Å². The predicted octanol–water partition coefficient (Wildman–Crippen LogP) is 2.82. The fraction of sp³-hybridized carbons (Fsp3) is 0.875. The van der Waals surface area contributed by atoms with Gasteiger partial charge in [-0.25, -0.2) is 0 Å². The van der Waals surface area contributed by atoms with Crippen molar-refractivity contribution in [3.05, 3.63) is 0 Å². The third-order valence-corrected chi connectivity index (χ3v) is 4.84. The molecule has 0 aliphatic carbocycles. The summed E-state index contributed by atoms with van der Waals surface area (Å²) in [6.45, 7) is 6.92. The largest absolute Gasteiger partial charge is 0.342 e. The Labute approximate surface area is 133 Å². The Bertz CT molecular complexity index is 354. The van der Waals surface area contributed by atoms with Crippen molar-refractivity contribution in [3.8, 4) is 0 Å². The lowest BCUT2D eigenvalue weighted by Crippen LogP contribution is -2.70. The molecule has 0 spiro atoms. The molecule has 0 radical (unpaired) electrons. The van der Waals surface area contributed by atoms with Crippen LogP contribution in [-0.4, -0.2) is 46.8 Å². The van der Waals surface area contributed by atoms with E-state index in [9.17, 15) is 9.59 Å². The average Bonchev–Trinajstić information content (AvgIpc) is 2.46. The van der Waals surface area contributed by atoms with Crippen molar-refractivity contribution in [2.45, 2.75) is 70.9 Å². The summed E-state index contributed by atoms with van der Waals surface area (Å²) in [5.41, 5.74) is -0.619. The van der Waals surface area contributed by atoms with E-state index in [0.717, 1.165) is 44.3 Å². The average molecular weight is 314 g/mol. The van der Waals surface area contributed by atoms with Crippen LogP contribution in [0.1, 0.15) is 59.3 Å². The van der Waals surface area contributed by atoms with Gasteiger partial charge in [-0.2, -0.15) is 11.8 Å². The molecule has 5 heteroatoms. The van der Waals surface area contributed by atoms with Crippen molar-refractivity contribution in [1.29, 1.82) is 0 Å². The number of amides is 2. The minimum absolute atomic E-state index is 0.0605. The second-order valence-corrected chi connectivity index (χ2v) is 6.81. The van der Waals surface area contributed by atoms with E-state index in [1.807, 2.05) is 11.2 Å². The first-order chi connectivity index (χ1) is 10.1. The van der Waals surface area contributed by atoms with Gasteiger partial charge in [-0.15, -0.1) is 0 Å². The molecule has 0 bridgehead atoms. The molecule has 122 valence electrons. The van der Waals surface area contributed by atoms with Gasteiger partial charge in [0.15, 0.2) is 0 Å². The predicted molar refractivity (Wildman–Crippen MR) is 89.5 cm³/mol. The Morgan fingerprint density at radius 2 is 1.76 bits per heavy atom. The number of nitrogens with one attached hydrogen (secondary N) is 1. The number of hydrogen-bond acceptors (Lipinski definition) is 3. The molecule has 4 nitrogen and oxygen atoms in total. The van der Waals surface area contributed by atoms with Crippen LogP contribution in [0, 0.1) is 0 Å². The van der Waals surface area contributed by atoms with E-state index in [1.165, 1.54) is 0 Å². The third-order valence-electron chi connectivity index (χ3n) is 4.19. The lowest BCUT2D eigenvalue weighted by Gasteiger charge is -2.48. The third kappa shape index (κ3) is 3.93. The van der Waals surface area contributed by atoms with Crippen molar-refractivity contribution in [3.63, 3.8) is 0 Å². The van der Waals surface area contributed by atoms with E-state index < -0.39 is 5.54 Å². The normalized spacial score (nSPS) is 21.5. The molecule has 1 saturated heterocycles. The lowest BCUT2D eigenvalue weighted by molar-refractivity contribution is -0.159. The van der Waals surface area contributed by atoms with Crippen LogP contribution in [0.5, 0.6) is 0 Å². The van der Waals surface area contributed by atoms with Crippen molar-refractivity contribution in [1.82, 2.24) is 10.2 Å². The van der Waals surface area contributed by atoms with Gasteiger partial charge in [0, 0.05) is 6.54 Å². The SMILES string of the molecule is CCCN1C(=O)[C@H](CCSC)NC(=O)C1(CCC)CCC. The molecule has 2 amide bonds. The van der Waals surface area contributed by atoms with Gasteiger partial charge in [0.2, 0.25) is 11.8 Å². The highest BCUT2D eigenvalue weighted by Gasteiger charge is 2.50. The monoisotopic (exact) mass is 314 g/mol. The van der Waals surface area contributed by atoms with E-state index in [0.29, 0.717) is 6.54 Å². The standard InChI is InChI=1S/C16H30N2O2S/c1-5-9-16(10-6-2)15(20)17-13(8-12-21-4)14(19)18(16)11-7-3/h13H,5-12H2,1-4H3,(H,17,20)/t13-/m0/s1. The molecule has 0 unspecified atom stereocenters. The zero-order chi connectivity index (χ0) is 15.9. The molecule has 1 fully saturated rings. The van der Waals surface area contributed by atoms with Gasteiger partial charge in [0.1, 0.15) is 11.6 Å². The zero-order valence-corrected chi connectivity index (χ0v) is 14.7. The van der Waals surface area contributed by atoms with Crippen molar-refractivity contribution >= 4 is 23.6 Å². The summed E-state index contributed by atoms with van der Waals surface area (Å²) in [4.78, 5) is 27.5. The second kappa shape index (κ2) is 8.66. The number of piperazine rings is 1. The maximum atomic E-state index is 12.8. The van der Waals surface area contributed by atoms with Crippen LogP contribution in [0.4, 0.5) is 0 Å². The van der Waals surface area contributed by atoms with Gasteiger partial charge < -0.3 is 10.2 Å². The van der Waals surface area contributed by atoms with E-state index in [4.69, 9.17) is 0 Å². The molecule has 1 aliphatic heterocycles. The maximum Gasteiger partial charge on any atom is 0.246 e. The summed E-state index contributed by atoms with van der Waals surface area (Å²) in [6.07, 6.45) is 6.98. The minimum atomic E-state index is -0.619. The molecule has 0 aromatic carbocycles. The molecule has 1 aliphatic rings. The second-order valence-electron chi connectivity index (χ2n) is 5.83. The number of hydrogen-bond donors (Lipinski definition) is 1. The minimum Gasteiger partial charge on any atom is -0.342 e. The molecule has 1 N–H and O–H groups in total. The summed E-state index contributed by atoms with van der Waals surface area (Å²) >= 11 is 1.71. The number of nitrogens with zero attached hydrogens (tertiary/aromatic N) is 1. The summed E-state index contributed by atoms with van der Waals surface area (Å²) in [5.74, 6) is 1.07. The summed E-state index contributed by atoms with van der Waals surface area (Å²) in [6, 6.07) is -0.335. The van der Waals surface area contributed by atoms with Crippen LogP contribution in [0.15, 0.2) is 0 Å². The van der Waals surface area contributed by atoms with Crippen molar-refractivity contribution < 1.29 is 9.59 Å². The molecule has 0 saturated carbocycles. The Balaban J connectivity index is 3.06. The number of carbonyl (C=O) groups is 2. The molecular formula is C16H30N2O2S. The topological polar surface area (TPSA) is 49.4 Å². The fourth-order valence-corrected chi connectivity index (χ4v) is 3.78. The van der Waals surface area contributed by atoms with Crippen LogP contribution in [0.3, 0.4) is 0 Å². The Kier molecular flexibility index (Phi) is 7.57. The van der Waals surface area contributed by atoms with Gasteiger partial charge in [-0.05, 0) is 37.7 Å². The molecule has 0 aromatic rings. The van der Waals surface area contributed by atoms with Crippen LogP contribution in [0.2, 0.25) is 0 Å². The number of thioether (sulfide) groups is 1. The van der Waals surface area contributed by atoms with Gasteiger partial charge in [-0.3, -0.25) is 9.59 Å². The Hall–Kier alpha value is -0.710. The smallest absolute Gasteiger partial charge is 0.246 e. The zero-order valence-electron chi connectivity index (χ0n) is 13.9. The van der Waals surface area contributed by atoms with Crippen LogP contribution in [-0.2, 0) is 9.59 Å². The van der Waals surface area contributed by atoms with E-state index in [1.54, 1.807) is 11.8 Å². The van der Waals surface area contributed by atoms with Gasteiger partial charge in [0.25, 0.3) is 0 Å². The molecule has 0 aromatic heterocycles. The highest BCUT2D eigenvalue weighted by atomic mass is 32.2. The first-order valence-electron chi connectivity index (χ1n) is 8.18. The first-order valence-corrected chi connectivity index (χ1v) is 9.58. The number of carbonyl (C=O) groups excluding carboxylic acids is 2. The highest BCUT2D eigenvalue weighted by Crippen LogP contribution is 2.32. The lowest BCUT2D eigenvalue weighted by atomic mass is 9.82. The summed E-state index contributed by atoms with van der Waals surface area (Å²) in [7, 11) is 0. The molecular weight excluding hydrogens is 284 g/mol. The Morgan fingerprint density at radius 3 is 2.24 bits per heavy atom. The van der Waals surface area contributed by atoms with E-state index >= 15 is 0 Å². The Morgan fingerprint density at radius 1 is 1.14 bits per heavy atom. The molecule has 1 rings (SSSR count). The summed E-state index contributed by atoms with van der Waals surface area (Å²) < 4.78 is 0. The number of rotatable bonds is 9. The van der Waals surface area contributed by atoms with E-state index in [-0.39, 0.29) is 17.9 Å². The van der Waals surface area contributed by atoms with Crippen LogP contribution in [0.25, 0.3) is 0 Å². The highest BCUT2D eigenvalue weighted by molar-refractivity contribution is 7.98. The molecule has 21 heavy (non-hydrogen) atoms. The van der Waals surface area contributed by atoms with Crippen LogP contribution >= 0.6 is 11.8 Å². The van der Waals surface area contributed by atoms with E-state index in [2.05, 4.69) is 26.1 Å². The van der Waals surface area contributed by atoms with Gasteiger partial charge in [-0.1, -0.05) is 33.6 Å². The summed E-state index contributed by atoms with van der Waals surface area (Å²) in [5, 5.41) is 3.01. The molecule has 1 heterocycles. The fourth-order valence-electron chi connectivity index (χ4n) is 3.30. The maximum absolute atomic E-state index is 12.8. The van der Waals surface area contributed by atoms with Crippen molar-refractivity contribution in [2.24, 2.45) is 0 Å². The first kappa shape index (κ1) is 18.3. The van der Waals surface area contributed by atoms with Crippen molar-refractivity contribution in [2.75, 3.05) is 18.6 Å². The van der Waals surface area contributed by atoms with Gasteiger partial charge in [0.05, 0.1) is 0 Å².